The van der Waals surface area contributed by atoms with Crippen molar-refractivity contribution in [1.82, 2.24) is 10.2 Å². The lowest BCUT2D eigenvalue weighted by molar-refractivity contribution is 0.00413. The summed E-state index contributed by atoms with van der Waals surface area (Å²) in [6, 6.07) is 2.67. The van der Waals surface area contributed by atoms with Crippen LogP contribution in [0.15, 0.2) is 11.4 Å². The molecule has 0 aliphatic carbocycles. The highest BCUT2D eigenvalue weighted by molar-refractivity contribution is 7.10. The van der Waals surface area contributed by atoms with Crippen LogP contribution in [0.4, 0.5) is 0 Å². The second-order valence-electron chi connectivity index (χ2n) is 4.78. The Morgan fingerprint density at radius 3 is 3.06 bits per heavy atom. The lowest BCUT2D eigenvalue weighted by Gasteiger charge is -2.31. The Hall–Kier alpha value is -0.420. The average Bonchev–Trinajstić information content (AvgIpc) is 2.76. The summed E-state index contributed by atoms with van der Waals surface area (Å²) >= 11 is 1.85. The molecular formula is C13H22N2OS. The number of thiophene rings is 1. The molecule has 1 N–H and O–H groups in total. The van der Waals surface area contributed by atoms with Gasteiger partial charge in [0.1, 0.15) is 0 Å². The van der Waals surface area contributed by atoms with Crippen LogP contribution in [0.2, 0.25) is 0 Å². The van der Waals surface area contributed by atoms with Gasteiger partial charge in [0.05, 0.1) is 12.7 Å². The van der Waals surface area contributed by atoms with Crippen molar-refractivity contribution in [2.24, 2.45) is 0 Å². The Morgan fingerprint density at radius 1 is 1.65 bits per heavy atom. The maximum absolute atomic E-state index is 5.75. The highest BCUT2D eigenvalue weighted by Crippen LogP contribution is 2.27. The van der Waals surface area contributed by atoms with Crippen LogP contribution in [0.1, 0.15) is 23.4 Å². The minimum absolute atomic E-state index is 0.330. The molecular weight excluding hydrogens is 232 g/mol. The van der Waals surface area contributed by atoms with E-state index in [4.69, 9.17) is 4.74 Å². The fourth-order valence-corrected chi connectivity index (χ4v) is 3.28. The number of nitrogens with one attached hydrogen (secondary N) is 1. The van der Waals surface area contributed by atoms with Gasteiger partial charge in [-0.3, -0.25) is 4.90 Å². The summed E-state index contributed by atoms with van der Waals surface area (Å²) in [5.41, 5.74) is 1.40. The van der Waals surface area contributed by atoms with Gasteiger partial charge in [0.2, 0.25) is 0 Å². The third kappa shape index (κ3) is 3.28. The summed E-state index contributed by atoms with van der Waals surface area (Å²) in [6.07, 6.45) is 0.330. The van der Waals surface area contributed by atoms with Gasteiger partial charge in [-0.15, -0.1) is 11.3 Å². The summed E-state index contributed by atoms with van der Waals surface area (Å²) in [5, 5.41) is 5.55. The summed E-state index contributed by atoms with van der Waals surface area (Å²) in [5.74, 6) is 0. The van der Waals surface area contributed by atoms with Crippen molar-refractivity contribution in [3.05, 3.63) is 21.9 Å². The first-order chi connectivity index (χ1) is 8.18. The van der Waals surface area contributed by atoms with Gasteiger partial charge in [0.25, 0.3) is 0 Å². The first-order valence-electron chi connectivity index (χ1n) is 6.25. The van der Waals surface area contributed by atoms with Crippen molar-refractivity contribution >= 4 is 11.3 Å². The minimum Gasteiger partial charge on any atom is -0.374 e. The Labute approximate surface area is 108 Å². The van der Waals surface area contributed by atoms with E-state index >= 15 is 0 Å². The zero-order valence-corrected chi connectivity index (χ0v) is 11.7. The third-order valence-corrected chi connectivity index (χ3v) is 4.63. The van der Waals surface area contributed by atoms with Crippen LogP contribution in [0, 0.1) is 6.92 Å². The molecule has 1 fully saturated rings. The van der Waals surface area contributed by atoms with Crippen molar-refractivity contribution < 1.29 is 4.74 Å². The van der Waals surface area contributed by atoms with Crippen molar-refractivity contribution in [1.29, 1.82) is 0 Å². The third-order valence-electron chi connectivity index (χ3n) is 3.44. The molecule has 0 aromatic carbocycles. The average molecular weight is 254 g/mol. The number of morpholine rings is 1. The number of aryl methyl sites for hydroxylation is 1. The van der Waals surface area contributed by atoms with Gasteiger partial charge in [0.15, 0.2) is 0 Å². The van der Waals surface area contributed by atoms with Crippen LogP contribution in [0.25, 0.3) is 0 Å². The molecule has 1 aromatic heterocycles. The maximum Gasteiger partial charge on any atom is 0.0826 e. The summed E-state index contributed by atoms with van der Waals surface area (Å²) < 4.78 is 5.75. The second-order valence-corrected chi connectivity index (χ2v) is 5.73. The van der Waals surface area contributed by atoms with Crippen LogP contribution >= 0.6 is 11.3 Å². The quantitative estimate of drug-likeness (QED) is 0.890. The number of hydrogen-bond donors (Lipinski definition) is 1. The summed E-state index contributed by atoms with van der Waals surface area (Å²) in [6.45, 7) is 8.25. The molecule has 3 nitrogen and oxygen atoms in total. The molecule has 17 heavy (non-hydrogen) atoms. The number of likely N-dealkylation sites (N-methyl/N-ethyl adjacent to an activating group) is 1. The molecule has 2 heterocycles. The van der Waals surface area contributed by atoms with Gasteiger partial charge < -0.3 is 10.1 Å². The maximum atomic E-state index is 5.75. The highest BCUT2D eigenvalue weighted by Gasteiger charge is 2.20. The van der Waals surface area contributed by atoms with Crippen molar-refractivity contribution in [3.8, 4) is 0 Å². The van der Waals surface area contributed by atoms with E-state index in [1.54, 1.807) is 0 Å². The molecule has 0 radical (unpaired) electrons. The van der Waals surface area contributed by atoms with E-state index in [-0.39, 0.29) is 0 Å². The van der Waals surface area contributed by atoms with Gasteiger partial charge in [-0.05, 0) is 37.9 Å². The van der Waals surface area contributed by atoms with Gasteiger partial charge >= 0.3 is 0 Å². The van der Waals surface area contributed by atoms with E-state index in [0.717, 1.165) is 26.2 Å². The molecule has 4 heteroatoms. The highest BCUT2D eigenvalue weighted by atomic mass is 32.1. The molecule has 2 rings (SSSR count). The summed E-state index contributed by atoms with van der Waals surface area (Å²) in [4.78, 5) is 3.85. The van der Waals surface area contributed by atoms with Crippen LogP contribution in [-0.2, 0) is 4.74 Å². The molecule has 2 atom stereocenters. The number of ether oxygens (including phenoxy) is 1. The Kier molecular flexibility index (Phi) is 4.56. The molecule has 0 bridgehead atoms. The Morgan fingerprint density at radius 2 is 2.47 bits per heavy atom. The van der Waals surface area contributed by atoms with E-state index in [9.17, 15) is 0 Å². The normalized spacial score (nSPS) is 22.9. The van der Waals surface area contributed by atoms with Gasteiger partial charge in [0, 0.05) is 30.6 Å². The standard InChI is InChI=1S/C13H22N2OS/c1-10-4-7-17-13(10)11(2)15(3)9-12-8-14-5-6-16-12/h4,7,11-12,14H,5-6,8-9H2,1-3H3. The SMILES string of the molecule is Cc1ccsc1C(C)N(C)CC1CNCCO1. The zero-order chi connectivity index (χ0) is 12.3. The Bertz CT molecular complexity index is 347. The second kappa shape index (κ2) is 5.96. The molecule has 1 aliphatic rings. The van der Waals surface area contributed by atoms with Crippen LogP contribution in [-0.4, -0.2) is 44.3 Å². The zero-order valence-electron chi connectivity index (χ0n) is 10.9. The molecule has 1 saturated heterocycles. The lowest BCUT2D eigenvalue weighted by Crippen LogP contribution is -2.44. The van der Waals surface area contributed by atoms with E-state index in [1.807, 2.05) is 11.3 Å². The fourth-order valence-electron chi connectivity index (χ4n) is 2.23. The van der Waals surface area contributed by atoms with Crippen molar-refractivity contribution in [3.63, 3.8) is 0 Å². The predicted molar refractivity (Wildman–Crippen MR) is 72.7 cm³/mol. The number of hydrogen-bond acceptors (Lipinski definition) is 4. The topological polar surface area (TPSA) is 24.5 Å². The number of nitrogens with zero attached hydrogens (tertiary/aromatic N) is 1. The number of rotatable bonds is 4. The largest absolute Gasteiger partial charge is 0.374 e. The molecule has 1 aliphatic heterocycles. The van der Waals surface area contributed by atoms with Gasteiger partial charge in [-0.1, -0.05) is 0 Å². The first-order valence-corrected chi connectivity index (χ1v) is 7.13. The minimum atomic E-state index is 0.330. The Balaban J connectivity index is 1.90. The van der Waals surface area contributed by atoms with Gasteiger partial charge in [-0.25, -0.2) is 0 Å². The van der Waals surface area contributed by atoms with E-state index in [1.165, 1.54) is 10.4 Å². The molecule has 0 spiro atoms. The van der Waals surface area contributed by atoms with Gasteiger partial charge in [-0.2, -0.15) is 0 Å². The lowest BCUT2D eigenvalue weighted by atomic mass is 10.1. The summed E-state index contributed by atoms with van der Waals surface area (Å²) in [7, 11) is 2.18. The molecule has 1 aromatic rings. The van der Waals surface area contributed by atoms with Crippen molar-refractivity contribution in [2.75, 3.05) is 33.3 Å². The first kappa shape index (κ1) is 13.0. The monoisotopic (exact) mass is 254 g/mol. The molecule has 0 saturated carbocycles. The van der Waals surface area contributed by atoms with Crippen LogP contribution < -0.4 is 5.32 Å². The van der Waals surface area contributed by atoms with Crippen molar-refractivity contribution in [2.45, 2.75) is 26.0 Å². The molecule has 0 amide bonds. The van der Waals surface area contributed by atoms with Crippen LogP contribution in [0.5, 0.6) is 0 Å². The smallest absolute Gasteiger partial charge is 0.0826 e. The molecule has 2 unspecified atom stereocenters. The van der Waals surface area contributed by atoms with E-state index in [2.05, 4.69) is 42.6 Å². The van der Waals surface area contributed by atoms with Crippen LogP contribution in [0.3, 0.4) is 0 Å². The predicted octanol–water partition coefficient (Wildman–Crippen LogP) is 2.04. The molecule has 96 valence electrons. The fraction of sp³-hybridized carbons (Fsp3) is 0.692. The van der Waals surface area contributed by atoms with E-state index < -0.39 is 0 Å². The van der Waals surface area contributed by atoms with E-state index in [0.29, 0.717) is 12.1 Å².